The van der Waals surface area contributed by atoms with Crippen LogP contribution in [0.15, 0.2) is 0 Å². The van der Waals surface area contributed by atoms with Gasteiger partial charge in [0.2, 0.25) is 5.91 Å². The molecule has 1 aliphatic heterocycles. The molecule has 2 fully saturated rings. The van der Waals surface area contributed by atoms with E-state index in [1.54, 1.807) is 6.92 Å². The first-order valence-corrected chi connectivity index (χ1v) is 8.69. The Labute approximate surface area is 132 Å². The molecule has 1 amide bonds. The molecule has 2 rings (SSSR count). The van der Waals surface area contributed by atoms with Crippen molar-refractivity contribution in [2.24, 2.45) is 16.6 Å². The number of amides is 1. The van der Waals surface area contributed by atoms with Crippen LogP contribution in [0.5, 0.6) is 0 Å². The molecule has 3 unspecified atom stereocenters. The predicted molar refractivity (Wildman–Crippen MR) is 87.0 cm³/mol. The zero-order valence-electron chi connectivity index (χ0n) is 13.6. The van der Waals surface area contributed by atoms with Gasteiger partial charge in [0.1, 0.15) is 0 Å². The smallest absolute Gasteiger partial charge is 0.224 e. The van der Waals surface area contributed by atoms with Crippen LogP contribution in [0.2, 0.25) is 0 Å². The standard InChI is InChI=1S/C16H28N2O2S/c1-11(19)21-13-5-14(20)18(8-13)12-6-15(2,3)9-16(4,7-12)10-17/h12-13H,5-10,17H2,1-4H3. The average Bonchev–Trinajstić information content (AvgIpc) is 2.67. The van der Waals surface area contributed by atoms with Crippen LogP contribution in [-0.2, 0) is 9.59 Å². The molecular weight excluding hydrogens is 284 g/mol. The molecule has 1 saturated carbocycles. The van der Waals surface area contributed by atoms with E-state index in [2.05, 4.69) is 20.8 Å². The molecule has 0 aromatic rings. The van der Waals surface area contributed by atoms with Crippen LogP contribution < -0.4 is 5.73 Å². The van der Waals surface area contributed by atoms with Crippen molar-refractivity contribution in [3.63, 3.8) is 0 Å². The van der Waals surface area contributed by atoms with E-state index < -0.39 is 0 Å². The summed E-state index contributed by atoms with van der Waals surface area (Å²) in [5.41, 5.74) is 6.32. The summed E-state index contributed by atoms with van der Waals surface area (Å²) in [4.78, 5) is 25.6. The second-order valence-corrected chi connectivity index (χ2v) is 9.38. The molecule has 0 aromatic carbocycles. The molecular formula is C16H28N2O2S. The van der Waals surface area contributed by atoms with Crippen molar-refractivity contribution in [1.82, 2.24) is 4.90 Å². The number of rotatable bonds is 3. The molecule has 120 valence electrons. The van der Waals surface area contributed by atoms with Crippen molar-refractivity contribution in [2.75, 3.05) is 13.1 Å². The minimum Gasteiger partial charge on any atom is -0.339 e. The maximum Gasteiger partial charge on any atom is 0.224 e. The Hall–Kier alpha value is -0.550. The Kier molecular flexibility index (Phi) is 4.74. The third-order valence-electron chi connectivity index (χ3n) is 4.81. The number of nitrogens with zero attached hydrogens (tertiary/aromatic N) is 1. The van der Waals surface area contributed by atoms with Gasteiger partial charge in [0.25, 0.3) is 0 Å². The Morgan fingerprint density at radius 2 is 2.05 bits per heavy atom. The maximum atomic E-state index is 12.3. The van der Waals surface area contributed by atoms with Crippen molar-refractivity contribution in [2.45, 2.75) is 64.7 Å². The van der Waals surface area contributed by atoms with E-state index in [1.807, 2.05) is 4.90 Å². The SMILES string of the molecule is CC(=O)SC1CC(=O)N(C2CC(C)(C)CC(C)(CN)C2)C1. The molecule has 2 N–H and O–H groups in total. The van der Waals surface area contributed by atoms with Crippen molar-refractivity contribution in [3.8, 4) is 0 Å². The predicted octanol–water partition coefficient (Wildman–Crippen LogP) is 2.41. The van der Waals surface area contributed by atoms with Gasteiger partial charge >= 0.3 is 0 Å². The van der Waals surface area contributed by atoms with Gasteiger partial charge in [-0.1, -0.05) is 32.5 Å². The van der Waals surface area contributed by atoms with Gasteiger partial charge in [0.05, 0.1) is 0 Å². The van der Waals surface area contributed by atoms with Gasteiger partial charge in [0.15, 0.2) is 5.12 Å². The van der Waals surface area contributed by atoms with E-state index in [0.717, 1.165) is 19.3 Å². The molecule has 0 radical (unpaired) electrons. The fourth-order valence-corrected chi connectivity index (χ4v) is 5.25. The van der Waals surface area contributed by atoms with E-state index >= 15 is 0 Å². The summed E-state index contributed by atoms with van der Waals surface area (Å²) >= 11 is 1.31. The van der Waals surface area contributed by atoms with E-state index in [4.69, 9.17) is 5.73 Å². The van der Waals surface area contributed by atoms with Gasteiger partial charge in [-0.05, 0) is 36.6 Å². The van der Waals surface area contributed by atoms with Crippen molar-refractivity contribution in [1.29, 1.82) is 0 Å². The highest BCUT2D eigenvalue weighted by molar-refractivity contribution is 8.14. The van der Waals surface area contributed by atoms with Gasteiger partial charge < -0.3 is 10.6 Å². The van der Waals surface area contributed by atoms with Crippen LogP contribution >= 0.6 is 11.8 Å². The monoisotopic (exact) mass is 312 g/mol. The number of thioether (sulfide) groups is 1. The minimum atomic E-state index is 0.102. The lowest BCUT2D eigenvalue weighted by Gasteiger charge is -2.48. The zero-order valence-corrected chi connectivity index (χ0v) is 14.5. The fraction of sp³-hybridized carbons (Fsp3) is 0.875. The minimum absolute atomic E-state index is 0.102. The van der Waals surface area contributed by atoms with Crippen LogP contribution in [0.25, 0.3) is 0 Å². The molecule has 0 aromatic heterocycles. The summed E-state index contributed by atoms with van der Waals surface area (Å²) in [7, 11) is 0. The van der Waals surface area contributed by atoms with Crippen molar-refractivity contribution < 1.29 is 9.59 Å². The first-order valence-electron chi connectivity index (χ1n) is 7.81. The summed E-state index contributed by atoms with van der Waals surface area (Å²) in [6.07, 6.45) is 3.63. The highest BCUT2D eigenvalue weighted by Crippen LogP contribution is 2.47. The summed E-state index contributed by atoms with van der Waals surface area (Å²) in [5.74, 6) is 0.204. The molecule has 1 aliphatic carbocycles. The Morgan fingerprint density at radius 1 is 1.38 bits per heavy atom. The number of nitrogens with two attached hydrogens (primary N) is 1. The molecule has 1 saturated heterocycles. The summed E-state index contributed by atoms with van der Waals surface area (Å²) in [5, 5.41) is 0.231. The molecule has 0 bridgehead atoms. The summed E-state index contributed by atoms with van der Waals surface area (Å²) < 4.78 is 0. The third kappa shape index (κ3) is 4.01. The lowest BCUT2D eigenvalue weighted by atomic mass is 9.62. The highest BCUT2D eigenvalue weighted by atomic mass is 32.2. The number of hydrogen-bond donors (Lipinski definition) is 1. The molecule has 5 heteroatoms. The average molecular weight is 312 g/mol. The quantitative estimate of drug-likeness (QED) is 0.869. The van der Waals surface area contributed by atoms with Crippen LogP contribution in [0.1, 0.15) is 53.4 Å². The van der Waals surface area contributed by atoms with Crippen molar-refractivity contribution >= 4 is 22.8 Å². The summed E-state index contributed by atoms with van der Waals surface area (Å²) in [6, 6.07) is 0.271. The first-order chi connectivity index (χ1) is 9.64. The topological polar surface area (TPSA) is 63.4 Å². The largest absolute Gasteiger partial charge is 0.339 e. The molecule has 1 heterocycles. The lowest BCUT2D eigenvalue weighted by molar-refractivity contribution is -0.132. The number of likely N-dealkylation sites (tertiary alicyclic amines) is 1. The number of hydrogen-bond acceptors (Lipinski definition) is 4. The van der Waals surface area contributed by atoms with Gasteiger partial charge in [0, 0.05) is 31.2 Å². The second-order valence-electron chi connectivity index (χ2n) is 7.90. The van der Waals surface area contributed by atoms with E-state index in [9.17, 15) is 9.59 Å². The lowest BCUT2D eigenvalue weighted by Crippen LogP contribution is -2.49. The highest BCUT2D eigenvalue weighted by Gasteiger charge is 2.45. The number of carbonyl (C=O) groups excluding carboxylic acids is 2. The van der Waals surface area contributed by atoms with Gasteiger partial charge in [-0.2, -0.15) is 0 Å². The van der Waals surface area contributed by atoms with Gasteiger partial charge in [-0.25, -0.2) is 0 Å². The Bertz CT molecular complexity index is 438. The molecule has 3 atom stereocenters. The van der Waals surface area contributed by atoms with Gasteiger partial charge in [-0.3, -0.25) is 9.59 Å². The zero-order chi connectivity index (χ0) is 15.8. The van der Waals surface area contributed by atoms with E-state index in [-0.39, 0.29) is 33.1 Å². The maximum absolute atomic E-state index is 12.3. The van der Waals surface area contributed by atoms with Crippen molar-refractivity contribution in [3.05, 3.63) is 0 Å². The summed E-state index contributed by atoms with van der Waals surface area (Å²) in [6.45, 7) is 9.74. The Morgan fingerprint density at radius 3 is 2.62 bits per heavy atom. The fourth-order valence-electron chi connectivity index (χ4n) is 4.32. The van der Waals surface area contributed by atoms with E-state index in [0.29, 0.717) is 19.5 Å². The van der Waals surface area contributed by atoms with Crippen LogP contribution in [0, 0.1) is 10.8 Å². The first kappa shape index (κ1) is 16.8. The molecule has 4 nitrogen and oxygen atoms in total. The van der Waals surface area contributed by atoms with E-state index in [1.165, 1.54) is 11.8 Å². The third-order valence-corrected chi connectivity index (χ3v) is 5.79. The number of carbonyl (C=O) groups is 2. The Balaban J connectivity index is 2.10. The van der Waals surface area contributed by atoms with Crippen LogP contribution in [-0.4, -0.2) is 40.3 Å². The molecule has 2 aliphatic rings. The second kappa shape index (κ2) is 5.92. The molecule has 21 heavy (non-hydrogen) atoms. The van der Waals surface area contributed by atoms with Gasteiger partial charge in [-0.15, -0.1) is 0 Å². The van der Waals surface area contributed by atoms with Crippen LogP contribution in [0.4, 0.5) is 0 Å². The van der Waals surface area contributed by atoms with Crippen LogP contribution in [0.3, 0.4) is 0 Å². The normalized spacial score (nSPS) is 36.0. The molecule has 0 spiro atoms.